The molecule has 0 aromatic heterocycles. The number of amides is 1. The van der Waals surface area contributed by atoms with E-state index < -0.39 is 0 Å². The lowest BCUT2D eigenvalue weighted by Gasteiger charge is -2.30. The number of rotatable bonds is 6. The molecule has 2 saturated heterocycles. The van der Waals surface area contributed by atoms with Gasteiger partial charge >= 0.3 is 0 Å². The molecule has 19 heavy (non-hydrogen) atoms. The second kappa shape index (κ2) is 7.25. The fourth-order valence-corrected chi connectivity index (χ4v) is 3.05. The molecule has 2 atom stereocenters. The molecular formula is C15H28N2O2. The zero-order valence-corrected chi connectivity index (χ0v) is 12.4. The Labute approximate surface area is 116 Å². The van der Waals surface area contributed by atoms with Gasteiger partial charge in [0.05, 0.1) is 6.10 Å². The van der Waals surface area contributed by atoms with Gasteiger partial charge < -0.3 is 15.0 Å². The van der Waals surface area contributed by atoms with E-state index in [9.17, 15) is 4.79 Å². The van der Waals surface area contributed by atoms with E-state index in [1.807, 2.05) is 4.90 Å². The second-order valence-electron chi connectivity index (χ2n) is 6.11. The van der Waals surface area contributed by atoms with Gasteiger partial charge in [-0.25, -0.2) is 0 Å². The summed E-state index contributed by atoms with van der Waals surface area (Å²) in [6.07, 6.45) is 6.55. The highest BCUT2D eigenvalue weighted by molar-refractivity contribution is 5.76. The van der Waals surface area contributed by atoms with Crippen LogP contribution in [0.1, 0.15) is 52.4 Å². The van der Waals surface area contributed by atoms with E-state index in [4.69, 9.17) is 4.74 Å². The summed E-state index contributed by atoms with van der Waals surface area (Å²) in [6.45, 7) is 7.05. The maximum atomic E-state index is 12.4. The summed E-state index contributed by atoms with van der Waals surface area (Å²) < 4.78 is 5.59. The Hall–Kier alpha value is -0.610. The fraction of sp³-hybridized carbons (Fsp3) is 0.933. The third-order valence-electron chi connectivity index (χ3n) is 4.23. The summed E-state index contributed by atoms with van der Waals surface area (Å²) in [5.74, 6) is 0.291. The van der Waals surface area contributed by atoms with Gasteiger partial charge in [0, 0.05) is 31.7 Å². The molecule has 4 nitrogen and oxygen atoms in total. The normalized spacial score (nSPS) is 27.1. The SMILES string of the molecule is CC(C)N(CC1CCCN1)C(=O)CCC1CCCO1. The third kappa shape index (κ3) is 4.46. The topological polar surface area (TPSA) is 41.6 Å². The molecule has 110 valence electrons. The van der Waals surface area contributed by atoms with E-state index in [0.717, 1.165) is 39.0 Å². The molecule has 1 amide bonds. The van der Waals surface area contributed by atoms with Crippen LogP contribution in [-0.2, 0) is 9.53 Å². The van der Waals surface area contributed by atoms with Crippen LogP contribution in [0.3, 0.4) is 0 Å². The van der Waals surface area contributed by atoms with Crippen molar-refractivity contribution in [2.75, 3.05) is 19.7 Å². The van der Waals surface area contributed by atoms with E-state index in [2.05, 4.69) is 19.2 Å². The van der Waals surface area contributed by atoms with Crippen molar-refractivity contribution in [1.29, 1.82) is 0 Å². The Balaban J connectivity index is 1.77. The zero-order valence-electron chi connectivity index (χ0n) is 12.4. The lowest BCUT2D eigenvalue weighted by atomic mass is 10.1. The van der Waals surface area contributed by atoms with Crippen molar-refractivity contribution in [2.24, 2.45) is 0 Å². The Morgan fingerprint density at radius 3 is 2.79 bits per heavy atom. The highest BCUT2D eigenvalue weighted by Gasteiger charge is 2.24. The molecule has 0 aromatic carbocycles. The minimum Gasteiger partial charge on any atom is -0.378 e. The quantitative estimate of drug-likeness (QED) is 0.800. The molecule has 2 fully saturated rings. The van der Waals surface area contributed by atoms with Crippen LogP contribution < -0.4 is 5.32 Å². The van der Waals surface area contributed by atoms with Crippen LogP contribution in [-0.4, -0.2) is 48.7 Å². The highest BCUT2D eigenvalue weighted by atomic mass is 16.5. The van der Waals surface area contributed by atoms with Crippen LogP contribution in [0.15, 0.2) is 0 Å². The molecule has 2 rings (SSSR count). The number of carbonyl (C=O) groups excluding carboxylic acids is 1. The molecule has 2 heterocycles. The molecule has 4 heteroatoms. The van der Waals surface area contributed by atoms with Gasteiger partial charge in [0.15, 0.2) is 0 Å². The molecule has 2 aliphatic heterocycles. The molecule has 0 saturated carbocycles. The van der Waals surface area contributed by atoms with Crippen molar-refractivity contribution < 1.29 is 9.53 Å². The standard InChI is InChI=1S/C15H28N2O2/c1-12(2)17(11-13-5-3-9-16-13)15(18)8-7-14-6-4-10-19-14/h12-14,16H,3-11H2,1-2H3. The van der Waals surface area contributed by atoms with Gasteiger partial charge in [-0.2, -0.15) is 0 Å². The van der Waals surface area contributed by atoms with E-state index >= 15 is 0 Å². The van der Waals surface area contributed by atoms with Crippen LogP contribution in [0, 0.1) is 0 Å². The molecule has 0 aromatic rings. The molecule has 2 unspecified atom stereocenters. The van der Waals surface area contributed by atoms with Gasteiger partial charge in [0.25, 0.3) is 0 Å². The van der Waals surface area contributed by atoms with Gasteiger partial charge in [0.1, 0.15) is 0 Å². The molecule has 2 aliphatic rings. The lowest BCUT2D eigenvalue weighted by molar-refractivity contribution is -0.133. The number of hydrogen-bond donors (Lipinski definition) is 1. The summed E-state index contributed by atoms with van der Waals surface area (Å²) >= 11 is 0. The average Bonchev–Trinajstić information content (AvgIpc) is 3.05. The Morgan fingerprint density at radius 1 is 1.37 bits per heavy atom. The molecule has 0 spiro atoms. The predicted octanol–water partition coefficient (Wildman–Crippen LogP) is 1.93. The van der Waals surface area contributed by atoms with Crippen LogP contribution in [0.4, 0.5) is 0 Å². The average molecular weight is 268 g/mol. The zero-order chi connectivity index (χ0) is 13.7. The largest absolute Gasteiger partial charge is 0.378 e. The van der Waals surface area contributed by atoms with E-state index in [1.54, 1.807) is 0 Å². The minimum atomic E-state index is 0.291. The molecular weight excluding hydrogens is 240 g/mol. The van der Waals surface area contributed by atoms with Crippen LogP contribution in [0.2, 0.25) is 0 Å². The van der Waals surface area contributed by atoms with Gasteiger partial charge in [-0.1, -0.05) is 0 Å². The number of nitrogens with one attached hydrogen (secondary N) is 1. The van der Waals surface area contributed by atoms with E-state index in [-0.39, 0.29) is 0 Å². The smallest absolute Gasteiger partial charge is 0.222 e. The predicted molar refractivity (Wildman–Crippen MR) is 76.1 cm³/mol. The van der Waals surface area contributed by atoms with E-state index in [1.165, 1.54) is 12.8 Å². The first-order chi connectivity index (χ1) is 9.16. The minimum absolute atomic E-state index is 0.291. The van der Waals surface area contributed by atoms with Crippen LogP contribution in [0.5, 0.6) is 0 Å². The first kappa shape index (κ1) is 14.8. The van der Waals surface area contributed by atoms with Gasteiger partial charge in [-0.05, 0) is 52.5 Å². The summed E-state index contributed by atoms with van der Waals surface area (Å²) in [7, 11) is 0. The second-order valence-corrected chi connectivity index (χ2v) is 6.11. The number of nitrogens with zero attached hydrogens (tertiary/aromatic N) is 1. The Kier molecular flexibility index (Phi) is 5.64. The first-order valence-electron chi connectivity index (χ1n) is 7.81. The maximum Gasteiger partial charge on any atom is 0.222 e. The van der Waals surface area contributed by atoms with Crippen molar-refractivity contribution in [1.82, 2.24) is 10.2 Å². The van der Waals surface area contributed by atoms with Crippen LogP contribution in [0.25, 0.3) is 0 Å². The molecule has 1 N–H and O–H groups in total. The number of carbonyl (C=O) groups is 1. The number of ether oxygens (including phenoxy) is 1. The first-order valence-corrected chi connectivity index (χ1v) is 7.81. The summed E-state index contributed by atoms with van der Waals surface area (Å²) in [5, 5.41) is 3.48. The summed E-state index contributed by atoms with van der Waals surface area (Å²) in [5.41, 5.74) is 0. The van der Waals surface area contributed by atoms with Crippen molar-refractivity contribution in [3.63, 3.8) is 0 Å². The molecule has 0 bridgehead atoms. The van der Waals surface area contributed by atoms with Gasteiger partial charge in [-0.3, -0.25) is 4.79 Å². The monoisotopic (exact) mass is 268 g/mol. The number of hydrogen-bond acceptors (Lipinski definition) is 3. The van der Waals surface area contributed by atoms with Crippen molar-refractivity contribution >= 4 is 5.91 Å². The molecule has 0 radical (unpaired) electrons. The van der Waals surface area contributed by atoms with Crippen molar-refractivity contribution in [2.45, 2.75) is 70.6 Å². The Morgan fingerprint density at radius 2 is 2.21 bits per heavy atom. The van der Waals surface area contributed by atoms with Crippen LogP contribution >= 0.6 is 0 Å². The highest BCUT2D eigenvalue weighted by Crippen LogP contribution is 2.18. The third-order valence-corrected chi connectivity index (χ3v) is 4.23. The van der Waals surface area contributed by atoms with Gasteiger partial charge in [0.2, 0.25) is 5.91 Å². The Bertz CT molecular complexity index is 282. The van der Waals surface area contributed by atoms with E-state index in [0.29, 0.717) is 30.5 Å². The molecule has 0 aliphatic carbocycles. The van der Waals surface area contributed by atoms with Crippen molar-refractivity contribution in [3.05, 3.63) is 0 Å². The van der Waals surface area contributed by atoms with Gasteiger partial charge in [-0.15, -0.1) is 0 Å². The fourth-order valence-electron chi connectivity index (χ4n) is 3.05. The summed E-state index contributed by atoms with van der Waals surface area (Å²) in [6, 6.07) is 0.786. The summed E-state index contributed by atoms with van der Waals surface area (Å²) in [4.78, 5) is 14.4. The lowest BCUT2D eigenvalue weighted by Crippen LogP contribution is -2.44. The maximum absolute atomic E-state index is 12.4. The van der Waals surface area contributed by atoms with Crippen molar-refractivity contribution in [3.8, 4) is 0 Å².